The van der Waals surface area contributed by atoms with Gasteiger partial charge in [0.1, 0.15) is 11.4 Å². The lowest BCUT2D eigenvalue weighted by Gasteiger charge is -2.04. The third-order valence-corrected chi connectivity index (χ3v) is 3.66. The van der Waals surface area contributed by atoms with Crippen LogP contribution in [0.3, 0.4) is 0 Å². The van der Waals surface area contributed by atoms with Gasteiger partial charge in [-0.3, -0.25) is 19.9 Å². The van der Waals surface area contributed by atoms with E-state index in [-0.39, 0.29) is 22.7 Å². The number of nitrogens with zero attached hydrogens (tertiary/aromatic N) is 3. The molecule has 1 aromatic heterocycles. The molecule has 2 aromatic carbocycles. The lowest BCUT2D eigenvalue weighted by Crippen LogP contribution is -2.18. The van der Waals surface area contributed by atoms with Crippen molar-refractivity contribution in [3.8, 4) is 5.75 Å². The molecule has 0 aliphatic rings. The van der Waals surface area contributed by atoms with Crippen molar-refractivity contribution in [2.75, 3.05) is 0 Å². The second-order valence-electron chi connectivity index (χ2n) is 5.68. The molecule has 0 saturated heterocycles. The zero-order chi connectivity index (χ0) is 20.6. The second-order valence-corrected chi connectivity index (χ2v) is 5.68. The number of nitrogens with one attached hydrogen (secondary N) is 1. The topological polar surface area (TPSA) is 124 Å². The Balaban J connectivity index is 1.58. The molecular formula is C20H14N4O5. The van der Waals surface area contributed by atoms with Crippen LogP contribution in [0.4, 0.5) is 5.69 Å². The third-order valence-electron chi connectivity index (χ3n) is 3.66. The molecule has 144 valence electrons. The van der Waals surface area contributed by atoms with Crippen LogP contribution in [0.5, 0.6) is 5.75 Å². The molecule has 0 bridgehead atoms. The normalized spacial score (nSPS) is 10.5. The predicted octanol–water partition coefficient (Wildman–Crippen LogP) is 2.97. The number of pyridine rings is 1. The van der Waals surface area contributed by atoms with Crippen molar-refractivity contribution in [2.24, 2.45) is 5.10 Å². The standard InChI is InChI=1S/C20H14N4O5/c25-19(18-6-1-2-11-21-18)23-22-13-14-7-9-17(10-8-14)29-20(26)15-4-3-5-16(12-15)24(27)28/h1-13H,(H,23,25)/b22-13-. The first kappa shape index (κ1) is 19.4. The number of ether oxygens (including phenoxy) is 1. The number of nitro benzene ring substituents is 1. The number of esters is 1. The molecule has 0 atom stereocenters. The summed E-state index contributed by atoms with van der Waals surface area (Å²) in [5, 5.41) is 14.6. The van der Waals surface area contributed by atoms with Gasteiger partial charge in [-0.1, -0.05) is 12.1 Å². The summed E-state index contributed by atoms with van der Waals surface area (Å²) >= 11 is 0. The third kappa shape index (κ3) is 5.30. The number of carbonyl (C=O) groups excluding carboxylic acids is 2. The van der Waals surface area contributed by atoms with Crippen LogP contribution in [0.15, 0.2) is 78.0 Å². The van der Waals surface area contributed by atoms with Crippen LogP contribution >= 0.6 is 0 Å². The fourth-order valence-corrected chi connectivity index (χ4v) is 2.25. The fraction of sp³-hybridized carbons (Fsp3) is 0. The van der Waals surface area contributed by atoms with E-state index in [1.54, 1.807) is 30.3 Å². The van der Waals surface area contributed by atoms with Crippen molar-refractivity contribution >= 4 is 23.8 Å². The number of amides is 1. The number of benzene rings is 2. The number of nitro groups is 1. The molecule has 1 N–H and O–H groups in total. The van der Waals surface area contributed by atoms with Crippen LogP contribution in [-0.2, 0) is 0 Å². The van der Waals surface area contributed by atoms with Crippen LogP contribution < -0.4 is 10.2 Å². The van der Waals surface area contributed by atoms with Crippen LogP contribution in [0, 0.1) is 10.1 Å². The van der Waals surface area contributed by atoms with Gasteiger partial charge in [0.2, 0.25) is 0 Å². The molecule has 0 radical (unpaired) electrons. The number of hydrogen-bond acceptors (Lipinski definition) is 7. The van der Waals surface area contributed by atoms with Crippen molar-refractivity contribution in [3.05, 3.63) is 99.9 Å². The number of hydrazone groups is 1. The molecule has 0 aliphatic carbocycles. The van der Waals surface area contributed by atoms with Gasteiger partial charge in [0.15, 0.2) is 0 Å². The first-order valence-corrected chi connectivity index (χ1v) is 8.34. The molecule has 9 nitrogen and oxygen atoms in total. The van der Waals surface area contributed by atoms with E-state index in [9.17, 15) is 19.7 Å². The molecule has 1 amide bonds. The molecule has 3 aromatic rings. The number of rotatable bonds is 6. The summed E-state index contributed by atoms with van der Waals surface area (Å²) in [4.78, 5) is 38.1. The van der Waals surface area contributed by atoms with Crippen molar-refractivity contribution < 1.29 is 19.2 Å². The zero-order valence-electron chi connectivity index (χ0n) is 14.9. The first-order chi connectivity index (χ1) is 14.0. The second kappa shape index (κ2) is 9.00. The lowest BCUT2D eigenvalue weighted by molar-refractivity contribution is -0.384. The summed E-state index contributed by atoms with van der Waals surface area (Å²) in [6.07, 6.45) is 2.93. The predicted molar refractivity (Wildman–Crippen MR) is 104 cm³/mol. The maximum Gasteiger partial charge on any atom is 0.343 e. The molecule has 3 rings (SSSR count). The molecule has 29 heavy (non-hydrogen) atoms. The van der Waals surface area contributed by atoms with E-state index in [4.69, 9.17) is 4.74 Å². The summed E-state index contributed by atoms with van der Waals surface area (Å²) in [6.45, 7) is 0. The summed E-state index contributed by atoms with van der Waals surface area (Å²) in [5.74, 6) is -0.890. The highest BCUT2D eigenvalue weighted by molar-refractivity contribution is 5.93. The molecule has 9 heteroatoms. The van der Waals surface area contributed by atoms with Crippen molar-refractivity contribution in [3.63, 3.8) is 0 Å². The number of carbonyl (C=O) groups is 2. The van der Waals surface area contributed by atoms with Crippen molar-refractivity contribution in [1.29, 1.82) is 0 Å². The van der Waals surface area contributed by atoms with Crippen molar-refractivity contribution in [2.45, 2.75) is 0 Å². The summed E-state index contributed by atoms with van der Waals surface area (Å²) in [5.41, 5.74) is 3.13. The van der Waals surface area contributed by atoms with E-state index in [1.165, 1.54) is 42.7 Å². The minimum absolute atomic E-state index is 0.0714. The Bertz CT molecular complexity index is 1070. The molecule has 0 fully saturated rings. The van der Waals surface area contributed by atoms with Crippen LogP contribution in [0.1, 0.15) is 26.4 Å². The van der Waals surface area contributed by atoms with Crippen LogP contribution in [0.25, 0.3) is 0 Å². The van der Waals surface area contributed by atoms with Gasteiger partial charge in [-0.15, -0.1) is 0 Å². The first-order valence-electron chi connectivity index (χ1n) is 8.34. The highest BCUT2D eigenvalue weighted by Gasteiger charge is 2.13. The molecular weight excluding hydrogens is 376 g/mol. The van der Waals surface area contributed by atoms with Gasteiger partial charge in [-0.25, -0.2) is 10.2 Å². The molecule has 0 unspecified atom stereocenters. The smallest absolute Gasteiger partial charge is 0.343 e. The molecule has 1 heterocycles. The lowest BCUT2D eigenvalue weighted by atomic mass is 10.2. The molecule has 0 spiro atoms. The Morgan fingerprint density at radius 3 is 2.55 bits per heavy atom. The number of hydrogen-bond donors (Lipinski definition) is 1. The van der Waals surface area contributed by atoms with E-state index in [2.05, 4.69) is 15.5 Å². The fourth-order valence-electron chi connectivity index (χ4n) is 2.25. The van der Waals surface area contributed by atoms with Gasteiger partial charge in [-0.2, -0.15) is 5.10 Å². The zero-order valence-corrected chi connectivity index (χ0v) is 14.9. The maximum atomic E-state index is 12.1. The van der Waals surface area contributed by atoms with Crippen LogP contribution in [-0.4, -0.2) is 28.0 Å². The minimum atomic E-state index is -0.710. The van der Waals surface area contributed by atoms with Gasteiger partial charge in [0.25, 0.3) is 11.6 Å². The highest BCUT2D eigenvalue weighted by Crippen LogP contribution is 2.17. The van der Waals surface area contributed by atoms with E-state index < -0.39 is 16.8 Å². The van der Waals surface area contributed by atoms with Gasteiger partial charge in [0.05, 0.1) is 16.7 Å². The Labute approximate surface area is 164 Å². The summed E-state index contributed by atoms with van der Waals surface area (Å²) < 4.78 is 5.21. The van der Waals surface area contributed by atoms with E-state index in [1.807, 2.05) is 0 Å². The average Bonchev–Trinajstić information content (AvgIpc) is 2.75. The highest BCUT2D eigenvalue weighted by atomic mass is 16.6. The summed E-state index contributed by atoms with van der Waals surface area (Å²) in [6, 6.07) is 16.6. The molecule has 0 saturated carbocycles. The average molecular weight is 390 g/mol. The van der Waals surface area contributed by atoms with Crippen molar-refractivity contribution in [1.82, 2.24) is 10.4 Å². The van der Waals surface area contributed by atoms with Crippen LogP contribution in [0.2, 0.25) is 0 Å². The monoisotopic (exact) mass is 390 g/mol. The Hall–Kier alpha value is -4.40. The van der Waals surface area contributed by atoms with Gasteiger partial charge < -0.3 is 4.74 Å². The Kier molecular flexibility index (Phi) is 6.01. The molecule has 0 aliphatic heterocycles. The quantitative estimate of drug-likeness (QED) is 0.227. The Morgan fingerprint density at radius 2 is 1.86 bits per heavy atom. The maximum absolute atomic E-state index is 12.1. The van der Waals surface area contributed by atoms with Gasteiger partial charge >= 0.3 is 5.97 Å². The number of non-ortho nitro benzene ring substituents is 1. The van der Waals surface area contributed by atoms with E-state index >= 15 is 0 Å². The van der Waals surface area contributed by atoms with E-state index in [0.717, 1.165) is 6.07 Å². The largest absolute Gasteiger partial charge is 0.423 e. The minimum Gasteiger partial charge on any atom is -0.423 e. The van der Waals surface area contributed by atoms with Gasteiger partial charge in [0, 0.05) is 18.3 Å². The SMILES string of the molecule is O=C(Oc1ccc(/C=N\NC(=O)c2ccccn2)cc1)c1cccc([N+](=O)[O-])c1. The summed E-state index contributed by atoms with van der Waals surface area (Å²) in [7, 11) is 0. The number of aromatic nitrogens is 1. The Morgan fingerprint density at radius 1 is 1.07 bits per heavy atom. The van der Waals surface area contributed by atoms with E-state index in [0.29, 0.717) is 5.56 Å². The van der Waals surface area contributed by atoms with Gasteiger partial charge in [-0.05, 0) is 48.0 Å².